The molecule has 1 aliphatic rings. The first-order chi connectivity index (χ1) is 9.16. The van der Waals surface area contributed by atoms with Crippen molar-refractivity contribution in [2.24, 2.45) is 0 Å². The topological polar surface area (TPSA) is 41.1 Å². The molecule has 0 heterocycles. The first-order valence-electron chi connectivity index (χ1n) is 6.68. The Labute approximate surface area is 123 Å². The molecule has 1 fully saturated rings. The van der Waals surface area contributed by atoms with E-state index in [0.29, 0.717) is 15.7 Å². The number of carbonyl (C=O) groups excluding carboxylic acids is 1. The van der Waals surface area contributed by atoms with E-state index in [9.17, 15) is 4.79 Å². The van der Waals surface area contributed by atoms with Crippen LogP contribution in [0.1, 0.15) is 38.5 Å². The van der Waals surface area contributed by atoms with E-state index in [2.05, 4.69) is 10.6 Å². The lowest BCUT2D eigenvalue weighted by Gasteiger charge is -2.17. The zero-order valence-electron chi connectivity index (χ0n) is 10.7. The number of urea groups is 1. The van der Waals surface area contributed by atoms with Crippen LogP contribution in [-0.2, 0) is 0 Å². The van der Waals surface area contributed by atoms with E-state index >= 15 is 0 Å². The van der Waals surface area contributed by atoms with E-state index in [-0.39, 0.29) is 12.1 Å². The van der Waals surface area contributed by atoms with Gasteiger partial charge in [-0.1, -0.05) is 55.0 Å². The molecule has 5 heteroatoms. The van der Waals surface area contributed by atoms with Gasteiger partial charge < -0.3 is 10.6 Å². The average molecular weight is 301 g/mol. The van der Waals surface area contributed by atoms with Gasteiger partial charge in [-0.3, -0.25) is 0 Å². The average Bonchev–Trinajstić information content (AvgIpc) is 2.63. The van der Waals surface area contributed by atoms with E-state index in [1.54, 1.807) is 18.2 Å². The summed E-state index contributed by atoms with van der Waals surface area (Å²) in [7, 11) is 0. The van der Waals surface area contributed by atoms with Gasteiger partial charge in [0.1, 0.15) is 0 Å². The van der Waals surface area contributed by atoms with Crippen molar-refractivity contribution in [2.45, 2.75) is 44.6 Å². The molecule has 19 heavy (non-hydrogen) atoms. The maximum Gasteiger partial charge on any atom is 0.319 e. The summed E-state index contributed by atoms with van der Waals surface area (Å²) in [6, 6.07) is 5.24. The van der Waals surface area contributed by atoms with Crippen LogP contribution < -0.4 is 10.6 Å². The SMILES string of the molecule is O=C(Nc1cccc(Cl)c1Cl)NC1CCCCCC1. The molecular formula is C14H18Cl2N2O. The summed E-state index contributed by atoms with van der Waals surface area (Å²) in [4.78, 5) is 11.9. The van der Waals surface area contributed by atoms with Crippen LogP contribution in [0.15, 0.2) is 18.2 Å². The minimum atomic E-state index is -0.212. The van der Waals surface area contributed by atoms with Gasteiger partial charge in [-0.05, 0) is 25.0 Å². The van der Waals surface area contributed by atoms with Gasteiger partial charge in [0.25, 0.3) is 0 Å². The Morgan fingerprint density at radius 2 is 1.79 bits per heavy atom. The van der Waals surface area contributed by atoms with Crippen molar-refractivity contribution in [3.05, 3.63) is 28.2 Å². The van der Waals surface area contributed by atoms with E-state index in [0.717, 1.165) is 12.8 Å². The third-order valence-electron chi connectivity index (χ3n) is 3.39. The number of hydrogen-bond acceptors (Lipinski definition) is 1. The number of halogens is 2. The first-order valence-corrected chi connectivity index (χ1v) is 7.44. The van der Waals surface area contributed by atoms with E-state index in [4.69, 9.17) is 23.2 Å². The van der Waals surface area contributed by atoms with E-state index in [1.165, 1.54) is 25.7 Å². The largest absolute Gasteiger partial charge is 0.335 e. The highest BCUT2D eigenvalue weighted by Gasteiger charge is 2.15. The molecule has 3 nitrogen and oxygen atoms in total. The molecule has 0 unspecified atom stereocenters. The van der Waals surface area contributed by atoms with Gasteiger partial charge >= 0.3 is 6.03 Å². The van der Waals surface area contributed by atoms with Crippen LogP contribution in [0.2, 0.25) is 10.0 Å². The highest BCUT2D eigenvalue weighted by atomic mass is 35.5. The second-order valence-corrected chi connectivity index (χ2v) is 5.67. The normalized spacial score (nSPS) is 16.7. The Morgan fingerprint density at radius 3 is 2.47 bits per heavy atom. The predicted molar refractivity (Wildman–Crippen MR) is 80.1 cm³/mol. The first kappa shape index (κ1) is 14.5. The van der Waals surface area contributed by atoms with Crippen LogP contribution in [-0.4, -0.2) is 12.1 Å². The smallest absolute Gasteiger partial charge is 0.319 e. The molecule has 1 aromatic carbocycles. The quantitative estimate of drug-likeness (QED) is 0.754. The van der Waals surface area contributed by atoms with Crippen molar-refractivity contribution in [3.63, 3.8) is 0 Å². The molecule has 0 radical (unpaired) electrons. The van der Waals surface area contributed by atoms with Crippen LogP contribution >= 0.6 is 23.2 Å². The predicted octanol–water partition coefficient (Wildman–Crippen LogP) is 4.84. The summed E-state index contributed by atoms with van der Waals surface area (Å²) in [5.41, 5.74) is 0.542. The van der Waals surface area contributed by atoms with Crippen molar-refractivity contribution < 1.29 is 4.79 Å². The van der Waals surface area contributed by atoms with Crippen LogP contribution in [0.5, 0.6) is 0 Å². The van der Waals surface area contributed by atoms with Crippen LogP contribution in [0, 0.1) is 0 Å². The second-order valence-electron chi connectivity index (χ2n) is 4.89. The van der Waals surface area contributed by atoms with Crippen LogP contribution in [0.3, 0.4) is 0 Å². The minimum absolute atomic E-state index is 0.212. The molecular weight excluding hydrogens is 283 g/mol. The molecule has 0 bridgehead atoms. The summed E-state index contributed by atoms with van der Waals surface area (Å²) >= 11 is 11.9. The monoisotopic (exact) mass is 300 g/mol. The number of hydrogen-bond donors (Lipinski definition) is 2. The summed E-state index contributed by atoms with van der Waals surface area (Å²) < 4.78 is 0. The van der Waals surface area contributed by atoms with Crippen LogP contribution in [0.25, 0.3) is 0 Å². The fourth-order valence-electron chi connectivity index (χ4n) is 2.37. The second kappa shape index (κ2) is 7.01. The minimum Gasteiger partial charge on any atom is -0.335 e. The summed E-state index contributed by atoms with van der Waals surface area (Å²) in [5.74, 6) is 0. The van der Waals surface area contributed by atoms with Gasteiger partial charge in [0.15, 0.2) is 0 Å². The molecule has 1 aliphatic carbocycles. The molecule has 2 N–H and O–H groups in total. The fourth-order valence-corrected chi connectivity index (χ4v) is 2.72. The van der Waals surface area contributed by atoms with Gasteiger partial charge in [0.05, 0.1) is 15.7 Å². The zero-order valence-corrected chi connectivity index (χ0v) is 12.2. The van der Waals surface area contributed by atoms with Gasteiger partial charge in [0.2, 0.25) is 0 Å². The number of anilines is 1. The van der Waals surface area contributed by atoms with Crippen molar-refractivity contribution in [3.8, 4) is 0 Å². The number of nitrogens with one attached hydrogen (secondary N) is 2. The van der Waals surface area contributed by atoms with Gasteiger partial charge in [-0.2, -0.15) is 0 Å². The Bertz CT molecular complexity index is 443. The van der Waals surface area contributed by atoms with Crippen molar-refractivity contribution in [1.82, 2.24) is 5.32 Å². The number of rotatable bonds is 2. The fraction of sp³-hybridized carbons (Fsp3) is 0.500. The molecule has 104 valence electrons. The maximum atomic E-state index is 11.9. The van der Waals surface area contributed by atoms with Gasteiger partial charge in [0, 0.05) is 6.04 Å². The summed E-state index contributed by atoms with van der Waals surface area (Å²) in [6.45, 7) is 0. The zero-order chi connectivity index (χ0) is 13.7. The Kier molecular flexibility index (Phi) is 5.34. The number of amides is 2. The summed E-state index contributed by atoms with van der Waals surface area (Å²) in [5, 5.41) is 6.57. The molecule has 0 aromatic heterocycles. The lowest BCUT2D eigenvalue weighted by Crippen LogP contribution is -2.37. The van der Waals surface area contributed by atoms with E-state index < -0.39 is 0 Å². The molecule has 0 atom stereocenters. The molecule has 0 spiro atoms. The third-order valence-corrected chi connectivity index (χ3v) is 4.21. The standard InChI is InChI=1S/C14H18Cl2N2O/c15-11-8-5-9-12(13(11)16)18-14(19)17-10-6-3-1-2-4-7-10/h5,8-10H,1-4,6-7H2,(H2,17,18,19). The van der Waals surface area contributed by atoms with Gasteiger partial charge in [-0.25, -0.2) is 4.79 Å². The molecule has 2 amide bonds. The highest BCUT2D eigenvalue weighted by Crippen LogP contribution is 2.29. The van der Waals surface area contributed by atoms with Crippen molar-refractivity contribution in [1.29, 1.82) is 0 Å². The number of carbonyl (C=O) groups is 1. The lowest BCUT2D eigenvalue weighted by atomic mass is 10.1. The van der Waals surface area contributed by atoms with Crippen LogP contribution in [0.4, 0.5) is 10.5 Å². The summed E-state index contributed by atoms with van der Waals surface area (Å²) in [6.07, 6.45) is 7.00. The molecule has 2 rings (SSSR count). The third kappa shape index (κ3) is 4.29. The van der Waals surface area contributed by atoms with Crippen molar-refractivity contribution in [2.75, 3.05) is 5.32 Å². The highest BCUT2D eigenvalue weighted by molar-refractivity contribution is 6.43. The molecule has 1 aromatic rings. The van der Waals surface area contributed by atoms with Crippen molar-refractivity contribution >= 4 is 34.9 Å². The van der Waals surface area contributed by atoms with Gasteiger partial charge in [-0.15, -0.1) is 0 Å². The molecule has 1 saturated carbocycles. The number of benzene rings is 1. The molecule has 0 aliphatic heterocycles. The Balaban J connectivity index is 1.91. The molecule has 0 saturated heterocycles. The Morgan fingerprint density at radius 1 is 1.11 bits per heavy atom. The van der Waals surface area contributed by atoms with E-state index in [1.807, 2.05) is 0 Å². The Hall–Kier alpha value is -0.930. The lowest BCUT2D eigenvalue weighted by molar-refractivity contribution is 0.247. The maximum absolute atomic E-state index is 11.9.